The van der Waals surface area contributed by atoms with Crippen molar-refractivity contribution in [3.63, 3.8) is 0 Å². The van der Waals surface area contributed by atoms with E-state index >= 15 is 0 Å². The minimum Gasteiger partial charge on any atom is -0.507 e. The predicted molar refractivity (Wildman–Crippen MR) is 240 cm³/mol. The summed E-state index contributed by atoms with van der Waals surface area (Å²) in [6, 6.07) is 12.7. The van der Waals surface area contributed by atoms with Crippen molar-refractivity contribution in [2.24, 2.45) is 0 Å². The molecule has 0 radical (unpaired) electrons. The summed E-state index contributed by atoms with van der Waals surface area (Å²) in [5.74, 6) is -8.24. The lowest BCUT2D eigenvalue weighted by molar-refractivity contribution is -0.327. The number of esters is 3. The molecule has 0 fully saturated rings. The third kappa shape index (κ3) is 14.4. The van der Waals surface area contributed by atoms with Crippen LogP contribution in [-0.2, 0) is 42.8 Å². The highest BCUT2D eigenvalue weighted by atomic mass is 16.9. The van der Waals surface area contributed by atoms with E-state index in [1.165, 1.54) is 75.4 Å². The number of ether oxygens (including phenoxy) is 9. The van der Waals surface area contributed by atoms with Crippen molar-refractivity contribution in [3.8, 4) is 68.7 Å². The fourth-order valence-corrected chi connectivity index (χ4v) is 6.32. The van der Waals surface area contributed by atoms with E-state index in [0.717, 1.165) is 19.3 Å². The van der Waals surface area contributed by atoms with Crippen molar-refractivity contribution in [3.05, 3.63) is 54.6 Å². The molecule has 0 amide bonds. The molecular formula is C48H63N3O15. The van der Waals surface area contributed by atoms with E-state index in [4.69, 9.17) is 42.6 Å². The summed E-state index contributed by atoms with van der Waals surface area (Å²) in [6.07, 6.45) is 4.90. The lowest BCUT2D eigenvalue weighted by Gasteiger charge is -2.31. The molecule has 1 aromatic heterocycles. The van der Waals surface area contributed by atoms with Crippen LogP contribution in [0.3, 0.4) is 0 Å². The molecular weight excluding hydrogens is 859 g/mol. The molecule has 0 aliphatic heterocycles. The Balaban J connectivity index is 1.85. The summed E-state index contributed by atoms with van der Waals surface area (Å²) < 4.78 is 52.3. The van der Waals surface area contributed by atoms with Crippen LogP contribution in [0.15, 0.2) is 54.6 Å². The summed E-state index contributed by atoms with van der Waals surface area (Å²) >= 11 is 0. The summed E-state index contributed by atoms with van der Waals surface area (Å²) in [6.45, 7) is 15.6. The van der Waals surface area contributed by atoms with Crippen molar-refractivity contribution in [2.45, 2.75) is 138 Å². The van der Waals surface area contributed by atoms with Crippen LogP contribution >= 0.6 is 0 Å². The number of carbonyl (C=O) groups is 3. The van der Waals surface area contributed by atoms with Crippen molar-refractivity contribution in [2.75, 3.05) is 19.8 Å². The number of hydrogen-bond donors (Lipinski definition) is 3. The first kappa shape index (κ1) is 52.4. The second kappa shape index (κ2) is 24.3. The van der Waals surface area contributed by atoms with Crippen LogP contribution < -0.4 is 14.2 Å². The van der Waals surface area contributed by atoms with Gasteiger partial charge in [-0.25, -0.2) is 15.0 Å². The molecule has 3 N–H and O–H groups in total. The molecule has 1 heterocycles. The number of phenols is 3. The topological polar surface area (TPSA) is 234 Å². The van der Waals surface area contributed by atoms with E-state index in [9.17, 15) is 29.7 Å². The molecule has 4 rings (SSSR count). The fraction of sp³-hybridized carbons (Fsp3) is 0.500. The maximum absolute atomic E-state index is 12.1. The van der Waals surface area contributed by atoms with Crippen molar-refractivity contribution < 1.29 is 72.3 Å². The van der Waals surface area contributed by atoms with Gasteiger partial charge in [-0.3, -0.25) is 14.4 Å². The Bertz CT molecular complexity index is 2000. The van der Waals surface area contributed by atoms with E-state index in [0.29, 0.717) is 19.3 Å². The van der Waals surface area contributed by atoms with E-state index in [1.807, 2.05) is 20.8 Å². The van der Waals surface area contributed by atoms with Gasteiger partial charge in [-0.2, -0.15) is 0 Å². The zero-order valence-electron chi connectivity index (χ0n) is 39.3. The Kier molecular flexibility index (Phi) is 19.3. The lowest BCUT2D eigenvalue weighted by Crippen LogP contribution is -2.43. The zero-order chi connectivity index (χ0) is 48.5. The van der Waals surface area contributed by atoms with E-state index < -0.39 is 35.8 Å². The van der Waals surface area contributed by atoms with Crippen LogP contribution in [0.2, 0.25) is 0 Å². The Morgan fingerprint density at radius 3 is 0.909 bits per heavy atom. The molecule has 18 nitrogen and oxygen atoms in total. The van der Waals surface area contributed by atoms with Gasteiger partial charge in [0.25, 0.3) is 0 Å². The molecule has 0 spiro atoms. The van der Waals surface area contributed by atoms with Crippen LogP contribution in [0.5, 0.6) is 34.5 Å². The number of phenolic OH excluding ortho intramolecular Hbond substituents is 3. The largest absolute Gasteiger partial charge is 0.507 e. The number of benzene rings is 3. The number of hydrogen-bond acceptors (Lipinski definition) is 18. The van der Waals surface area contributed by atoms with Gasteiger partial charge >= 0.3 is 35.8 Å². The van der Waals surface area contributed by atoms with Crippen molar-refractivity contribution >= 4 is 17.9 Å². The Labute approximate surface area is 385 Å². The SMILES string of the molecule is CCCCOC(CC)(OC(C)=O)Oc1ccc(-c2nc(-c3ccc(OC(CC)(OCCCC)OC(C)=O)cc3O)nc(-c3ccc(OC(CC)(OCCCC)OC(C)=O)cc3O)n2)c(O)c1. The molecule has 0 aliphatic carbocycles. The van der Waals surface area contributed by atoms with Gasteiger partial charge in [0.15, 0.2) is 17.5 Å². The van der Waals surface area contributed by atoms with Gasteiger partial charge in [0, 0.05) is 39.0 Å². The third-order valence-electron chi connectivity index (χ3n) is 9.74. The zero-order valence-corrected chi connectivity index (χ0v) is 39.3. The second-order valence-electron chi connectivity index (χ2n) is 15.1. The Morgan fingerprint density at radius 1 is 0.455 bits per heavy atom. The Hall–Kier alpha value is -6.24. The smallest absolute Gasteiger partial charge is 0.373 e. The van der Waals surface area contributed by atoms with Crippen LogP contribution in [0, 0.1) is 0 Å². The second-order valence-corrected chi connectivity index (χ2v) is 15.1. The van der Waals surface area contributed by atoms with Crippen LogP contribution in [0.1, 0.15) is 120 Å². The normalized spacial score (nSPS) is 14.0. The van der Waals surface area contributed by atoms with Crippen molar-refractivity contribution in [1.29, 1.82) is 0 Å². The number of aromatic nitrogens is 3. The van der Waals surface area contributed by atoms with E-state index in [1.54, 1.807) is 20.8 Å². The standard InChI is InChI=1S/C48H63N3O15/c1-10-16-25-58-46(13-4,61-31(7)52)64-34-19-22-37(40(55)28-34)43-49-44(38-23-20-35(29-41(38)56)65-47(14-5,62-32(8)53)59-26-17-11-2)51-45(50-43)39-24-21-36(30-42(39)57)66-48(15-6,63-33(9)54)60-27-18-12-3/h19-24,28-30,55-57H,10-18,25-27H2,1-9H3. The van der Waals surface area contributed by atoms with Gasteiger partial charge in [-0.15, -0.1) is 0 Å². The summed E-state index contributed by atoms with van der Waals surface area (Å²) in [5, 5.41) is 34.5. The number of rotatable bonds is 27. The number of nitrogens with zero attached hydrogens (tertiary/aromatic N) is 3. The third-order valence-corrected chi connectivity index (χ3v) is 9.74. The van der Waals surface area contributed by atoms with E-state index in [2.05, 4.69) is 15.0 Å². The van der Waals surface area contributed by atoms with Gasteiger partial charge in [-0.1, -0.05) is 60.8 Å². The minimum atomic E-state index is -1.77. The number of unbranched alkanes of at least 4 members (excludes halogenated alkanes) is 3. The average molecular weight is 922 g/mol. The maximum Gasteiger partial charge on any atom is 0.373 e. The summed E-state index contributed by atoms with van der Waals surface area (Å²) in [7, 11) is 0. The highest BCUT2D eigenvalue weighted by Gasteiger charge is 2.39. The Morgan fingerprint density at radius 2 is 0.712 bits per heavy atom. The average Bonchev–Trinajstić information content (AvgIpc) is 3.26. The highest BCUT2D eigenvalue weighted by molar-refractivity contribution is 5.75. The van der Waals surface area contributed by atoms with Gasteiger partial charge in [0.2, 0.25) is 0 Å². The van der Waals surface area contributed by atoms with Gasteiger partial charge < -0.3 is 58.0 Å². The highest BCUT2D eigenvalue weighted by Crippen LogP contribution is 2.40. The summed E-state index contributed by atoms with van der Waals surface area (Å²) in [4.78, 5) is 50.2. The molecule has 0 bridgehead atoms. The quantitative estimate of drug-likeness (QED) is 0.0219. The monoisotopic (exact) mass is 921 g/mol. The van der Waals surface area contributed by atoms with Crippen LogP contribution in [0.4, 0.5) is 0 Å². The summed E-state index contributed by atoms with van der Waals surface area (Å²) in [5.41, 5.74) is 0.262. The molecule has 360 valence electrons. The van der Waals surface area contributed by atoms with Crippen molar-refractivity contribution in [1.82, 2.24) is 15.0 Å². The molecule has 0 aliphatic rings. The predicted octanol–water partition coefficient (Wildman–Crippen LogP) is 9.46. The maximum atomic E-state index is 12.1. The molecule has 4 aromatic rings. The molecule has 18 heteroatoms. The number of carbonyl (C=O) groups excluding carboxylic acids is 3. The van der Waals surface area contributed by atoms with Gasteiger partial charge in [0.1, 0.15) is 34.5 Å². The molecule has 0 saturated heterocycles. The molecule has 66 heavy (non-hydrogen) atoms. The number of aromatic hydroxyl groups is 3. The van der Waals surface area contributed by atoms with Crippen LogP contribution in [0.25, 0.3) is 34.2 Å². The molecule has 0 saturated carbocycles. The molecule has 3 unspecified atom stereocenters. The first-order chi connectivity index (χ1) is 31.5. The van der Waals surface area contributed by atoms with E-state index in [-0.39, 0.29) is 108 Å². The first-order valence-corrected chi connectivity index (χ1v) is 22.3. The van der Waals surface area contributed by atoms with Gasteiger partial charge in [-0.05, 0) is 55.7 Å². The minimum absolute atomic E-state index is 0.0873. The molecule has 3 aromatic carbocycles. The first-order valence-electron chi connectivity index (χ1n) is 22.3. The lowest BCUT2D eigenvalue weighted by atomic mass is 10.1. The van der Waals surface area contributed by atoms with Crippen LogP contribution in [-0.4, -0.2) is 85.9 Å². The van der Waals surface area contributed by atoms with Gasteiger partial charge in [0.05, 0.1) is 55.8 Å². The molecule has 3 atom stereocenters. The fourth-order valence-electron chi connectivity index (χ4n) is 6.32.